The molecule has 0 radical (unpaired) electrons. The van der Waals surface area contributed by atoms with Crippen LogP contribution in [-0.4, -0.2) is 64.7 Å². The number of nitrogens with one attached hydrogen (secondary N) is 4. The second-order valence-corrected chi connectivity index (χ2v) is 8.67. The van der Waals surface area contributed by atoms with E-state index in [4.69, 9.17) is 0 Å². The molecule has 1 heterocycles. The quantitative estimate of drug-likeness (QED) is 0.402. The Balaban J connectivity index is 1.45. The lowest BCUT2D eigenvalue weighted by molar-refractivity contribution is -0.140. The van der Waals surface area contributed by atoms with E-state index < -0.39 is 23.4 Å². The minimum absolute atomic E-state index is 0.0244. The first-order valence-electron chi connectivity index (χ1n) is 11.6. The maximum atomic E-state index is 12.8. The van der Waals surface area contributed by atoms with Crippen LogP contribution in [0.2, 0.25) is 0 Å². The van der Waals surface area contributed by atoms with E-state index in [1.165, 1.54) is 6.92 Å². The molecule has 1 aromatic rings. The molecule has 1 aromatic carbocycles. The van der Waals surface area contributed by atoms with Crippen molar-refractivity contribution in [3.63, 3.8) is 0 Å². The van der Waals surface area contributed by atoms with Crippen molar-refractivity contribution in [1.29, 1.82) is 0 Å². The Morgan fingerprint density at radius 1 is 1.00 bits per heavy atom. The van der Waals surface area contributed by atoms with Gasteiger partial charge in [0.2, 0.25) is 17.7 Å². The number of amides is 6. The molecule has 1 saturated carbocycles. The largest absolute Gasteiger partial charge is 0.344 e. The van der Waals surface area contributed by atoms with Gasteiger partial charge in [-0.2, -0.15) is 5.01 Å². The third-order valence-corrected chi connectivity index (χ3v) is 6.06. The molecule has 1 spiro atoms. The second-order valence-electron chi connectivity index (χ2n) is 8.67. The Hall–Kier alpha value is -3.47. The third-order valence-electron chi connectivity index (χ3n) is 6.06. The molecule has 11 nitrogen and oxygen atoms in total. The van der Waals surface area contributed by atoms with Crippen molar-refractivity contribution in [2.24, 2.45) is 0 Å². The highest BCUT2D eigenvalue weighted by Gasteiger charge is 2.52. The van der Waals surface area contributed by atoms with Crippen molar-refractivity contribution in [2.75, 3.05) is 30.3 Å². The minimum atomic E-state index is -0.892. The molecule has 0 atom stereocenters. The normalized spacial score (nSPS) is 17.0. The van der Waals surface area contributed by atoms with Gasteiger partial charge in [0.25, 0.3) is 5.91 Å². The number of hydrogen-bond donors (Lipinski definition) is 4. The van der Waals surface area contributed by atoms with Crippen molar-refractivity contribution >= 4 is 41.0 Å². The van der Waals surface area contributed by atoms with Crippen molar-refractivity contribution < 1.29 is 24.0 Å². The van der Waals surface area contributed by atoms with Gasteiger partial charge in [0.1, 0.15) is 5.54 Å². The summed E-state index contributed by atoms with van der Waals surface area (Å²) in [7, 11) is 0. The number of urea groups is 1. The monoisotopic (exact) mass is 472 g/mol. The first-order valence-corrected chi connectivity index (χ1v) is 11.6. The molecule has 0 bridgehead atoms. The van der Waals surface area contributed by atoms with Crippen molar-refractivity contribution in [3.05, 3.63) is 24.3 Å². The van der Waals surface area contributed by atoms with E-state index in [1.807, 2.05) is 6.92 Å². The van der Waals surface area contributed by atoms with Crippen LogP contribution in [0.15, 0.2) is 24.3 Å². The Morgan fingerprint density at radius 2 is 1.62 bits per heavy atom. The van der Waals surface area contributed by atoms with E-state index in [1.54, 1.807) is 29.2 Å². The molecule has 1 aliphatic heterocycles. The fraction of sp³-hybridized carbons (Fsp3) is 0.522. The van der Waals surface area contributed by atoms with Gasteiger partial charge in [-0.15, -0.1) is 0 Å². The van der Waals surface area contributed by atoms with Crippen LogP contribution < -0.4 is 21.4 Å². The summed E-state index contributed by atoms with van der Waals surface area (Å²) < 4.78 is 0. The Labute approximate surface area is 198 Å². The topological polar surface area (TPSA) is 140 Å². The van der Waals surface area contributed by atoms with Gasteiger partial charge < -0.3 is 16.0 Å². The summed E-state index contributed by atoms with van der Waals surface area (Å²) in [5.74, 6) is -1.30. The van der Waals surface area contributed by atoms with Crippen molar-refractivity contribution in [2.45, 2.75) is 57.9 Å². The van der Waals surface area contributed by atoms with Gasteiger partial charge in [-0.1, -0.05) is 26.2 Å². The Kier molecular flexibility index (Phi) is 8.21. The van der Waals surface area contributed by atoms with Gasteiger partial charge >= 0.3 is 6.03 Å². The van der Waals surface area contributed by atoms with Gasteiger partial charge in [0.05, 0.1) is 6.54 Å². The maximum absolute atomic E-state index is 12.8. The summed E-state index contributed by atoms with van der Waals surface area (Å²) in [5.41, 5.74) is 2.74. The molecular formula is C23H32N6O5. The summed E-state index contributed by atoms with van der Waals surface area (Å²) in [6.07, 6.45) is 3.94. The number of benzene rings is 1. The van der Waals surface area contributed by atoms with Gasteiger partial charge in [-0.25, -0.2) is 4.79 Å². The zero-order chi connectivity index (χ0) is 24.7. The van der Waals surface area contributed by atoms with Crippen LogP contribution in [0.1, 0.15) is 52.4 Å². The van der Waals surface area contributed by atoms with Gasteiger partial charge in [0, 0.05) is 31.3 Å². The van der Waals surface area contributed by atoms with E-state index in [2.05, 4.69) is 21.4 Å². The number of carbonyl (C=O) groups excluding carboxylic acids is 5. The molecular weight excluding hydrogens is 440 g/mol. The molecule has 1 saturated heterocycles. The smallest absolute Gasteiger partial charge is 0.326 e. The summed E-state index contributed by atoms with van der Waals surface area (Å²) in [6, 6.07) is 6.14. The number of carbonyl (C=O) groups is 5. The second kappa shape index (κ2) is 11.1. The van der Waals surface area contributed by atoms with E-state index in [9.17, 15) is 24.0 Å². The average Bonchev–Trinajstić information content (AvgIpc) is 3.01. The molecule has 1 aliphatic carbocycles. The lowest BCUT2D eigenvalue weighted by Crippen LogP contribution is -2.51. The first kappa shape index (κ1) is 25.2. The molecule has 2 fully saturated rings. The van der Waals surface area contributed by atoms with Gasteiger partial charge in [-0.3, -0.25) is 29.5 Å². The summed E-state index contributed by atoms with van der Waals surface area (Å²) in [5, 5.41) is 8.98. The van der Waals surface area contributed by atoms with Crippen LogP contribution in [0.5, 0.6) is 0 Å². The van der Waals surface area contributed by atoms with Crippen LogP contribution in [0, 0.1) is 0 Å². The summed E-state index contributed by atoms with van der Waals surface area (Å²) >= 11 is 0. The molecule has 184 valence electrons. The molecule has 34 heavy (non-hydrogen) atoms. The predicted molar refractivity (Wildman–Crippen MR) is 125 cm³/mol. The van der Waals surface area contributed by atoms with E-state index in [0.717, 1.165) is 24.3 Å². The van der Waals surface area contributed by atoms with Crippen LogP contribution in [0.25, 0.3) is 0 Å². The molecule has 6 amide bonds. The van der Waals surface area contributed by atoms with Crippen molar-refractivity contribution in [1.82, 2.24) is 20.7 Å². The fourth-order valence-electron chi connectivity index (χ4n) is 4.25. The number of nitrogens with zero attached hydrogens (tertiary/aromatic N) is 2. The van der Waals surface area contributed by atoms with Crippen LogP contribution in [0.3, 0.4) is 0 Å². The number of imide groups is 1. The number of hydrazine groups is 1. The van der Waals surface area contributed by atoms with Gasteiger partial charge in [-0.05, 0) is 43.7 Å². The van der Waals surface area contributed by atoms with Crippen molar-refractivity contribution in [3.8, 4) is 0 Å². The number of hydrogen-bond acceptors (Lipinski definition) is 6. The Morgan fingerprint density at radius 3 is 2.21 bits per heavy atom. The fourth-order valence-corrected chi connectivity index (χ4v) is 4.25. The third kappa shape index (κ3) is 6.31. The first-order chi connectivity index (χ1) is 16.2. The van der Waals surface area contributed by atoms with Crippen LogP contribution >= 0.6 is 0 Å². The number of likely N-dealkylation sites (N-methyl/N-ethyl adjacent to an activating group) is 1. The highest BCUT2D eigenvalue weighted by atomic mass is 16.2. The molecule has 0 unspecified atom stereocenters. The highest BCUT2D eigenvalue weighted by molar-refractivity contribution is 6.08. The average molecular weight is 473 g/mol. The van der Waals surface area contributed by atoms with E-state index in [0.29, 0.717) is 30.8 Å². The zero-order valence-corrected chi connectivity index (χ0v) is 19.6. The highest BCUT2D eigenvalue weighted by Crippen LogP contribution is 2.33. The standard InChI is InChI=1S/C23H32N6O5/c1-3-28(15-20(32)25-18-9-7-17(8-10-18)24-16(2)30)14-11-19(31)27-29-21(33)23(26-22(29)34)12-5-4-6-13-23/h7-10H,3-6,11-15H2,1-2H3,(H,24,30)(H,25,32)(H,26,34)(H,27,31). The summed E-state index contributed by atoms with van der Waals surface area (Å²) in [4.78, 5) is 62.7. The number of rotatable bonds is 9. The van der Waals surface area contributed by atoms with E-state index in [-0.39, 0.29) is 31.3 Å². The molecule has 0 aromatic heterocycles. The lowest BCUT2D eigenvalue weighted by atomic mass is 9.82. The summed E-state index contributed by atoms with van der Waals surface area (Å²) in [6.45, 7) is 4.18. The zero-order valence-electron chi connectivity index (χ0n) is 19.6. The number of anilines is 2. The molecule has 11 heteroatoms. The maximum Gasteiger partial charge on any atom is 0.344 e. The minimum Gasteiger partial charge on any atom is -0.326 e. The predicted octanol–water partition coefficient (Wildman–Crippen LogP) is 1.58. The molecule has 2 aliphatic rings. The Bertz CT molecular complexity index is 942. The molecule has 4 N–H and O–H groups in total. The van der Waals surface area contributed by atoms with Crippen LogP contribution in [0.4, 0.5) is 16.2 Å². The van der Waals surface area contributed by atoms with Crippen LogP contribution in [-0.2, 0) is 19.2 Å². The van der Waals surface area contributed by atoms with E-state index >= 15 is 0 Å². The SMILES string of the molecule is CCN(CCC(=O)NN1C(=O)NC2(CCCCC2)C1=O)CC(=O)Nc1ccc(NC(C)=O)cc1. The van der Waals surface area contributed by atoms with Gasteiger partial charge in [0.15, 0.2) is 0 Å². The molecule has 3 rings (SSSR count). The lowest BCUT2D eigenvalue weighted by Gasteiger charge is -2.30.